The number of aromatic nitrogens is 1. The van der Waals surface area contributed by atoms with E-state index in [0.717, 1.165) is 0 Å². The van der Waals surface area contributed by atoms with Crippen molar-refractivity contribution in [1.29, 1.82) is 0 Å². The molecule has 1 aromatic heterocycles. The lowest BCUT2D eigenvalue weighted by molar-refractivity contribution is -0.148. The highest BCUT2D eigenvalue weighted by molar-refractivity contribution is 6.25. The van der Waals surface area contributed by atoms with Gasteiger partial charge < -0.3 is 36.2 Å². The third kappa shape index (κ3) is 4.16. The Morgan fingerprint density at radius 1 is 1.21 bits per heavy atom. The van der Waals surface area contributed by atoms with E-state index in [9.17, 15) is 39.6 Å². The highest BCUT2D eigenvalue weighted by Crippen LogP contribution is 2.53. The summed E-state index contributed by atoms with van der Waals surface area (Å²) in [7, 11) is 4.44. The van der Waals surface area contributed by atoms with Gasteiger partial charge in [-0.3, -0.25) is 29.1 Å². The number of primary amides is 1. The monoisotopic (exact) mass is 578 g/mol. The van der Waals surface area contributed by atoms with Gasteiger partial charge >= 0.3 is 0 Å². The number of hydrogen-bond acceptors (Lipinski definition) is 11. The van der Waals surface area contributed by atoms with E-state index in [1.807, 2.05) is 0 Å². The van der Waals surface area contributed by atoms with Crippen molar-refractivity contribution in [2.24, 2.45) is 17.6 Å². The summed E-state index contributed by atoms with van der Waals surface area (Å²) in [6, 6.07) is 5.51. The highest BCUT2D eigenvalue weighted by Gasteiger charge is 2.63. The van der Waals surface area contributed by atoms with E-state index in [4.69, 9.17) is 10.5 Å². The summed E-state index contributed by atoms with van der Waals surface area (Å²) in [5.41, 5.74) is 2.34. The summed E-state index contributed by atoms with van der Waals surface area (Å²) in [4.78, 5) is 58.0. The number of aliphatic hydroxyl groups excluding tert-OH is 2. The second-order valence-corrected chi connectivity index (χ2v) is 10.8. The fourth-order valence-electron chi connectivity index (χ4n) is 6.48. The fourth-order valence-corrected chi connectivity index (χ4v) is 6.48. The number of carbonyl (C=O) groups excluding carboxylic acids is 4. The standard InChI is InChI=1S/C29H30N4O9/c1-33(2)22-15-9-12-8-14-13(16-6-4-5-7-31-16)10-17(32-18(34)11-42-3)23(35)20(14)24(36)19(12)26(38)29(15,41)27(39)21(25(22)37)28(30)40/h4-7,10,12,15,22,35,37-38,41H,8-9,11H2,1-3H3,(H2,30,40)(H,32,34)/t12-,15-,22-,29-/m0/s1. The van der Waals surface area contributed by atoms with Gasteiger partial charge in [-0.25, -0.2) is 0 Å². The van der Waals surface area contributed by atoms with Crippen LogP contribution in [0.3, 0.4) is 0 Å². The molecule has 3 aliphatic rings. The van der Waals surface area contributed by atoms with E-state index >= 15 is 0 Å². The lowest BCUT2D eigenvalue weighted by Crippen LogP contribution is -2.63. The molecule has 1 heterocycles. The number of aliphatic hydroxyl groups is 3. The molecule has 1 aromatic carbocycles. The molecule has 0 fully saturated rings. The van der Waals surface area contributed by atoms with Crippen LogP contribution < -0.4 is 11.1 Å². The summed E-state index contributed by atoms with van der Waals surface area (Å²) in [5, 5.41) is 48.0. The lowest BCUT2D eigenvalue weighted by atomic mass is 9.58. The number of ketones is 2. The van der Waals surface area contributed by atoms with Gasteiger partial charge in [-0.15, -0.1) is 0 Å². The predicted octanol–water partition coefficient (Wildman–Crippen LogP) is 0.768. The number of anilines is 1. The molecule has 4 atom stereocenters. The first-order valence-corrected chi connectivity index (χ1v) is 13.1. The van der Waals surface area contributed by atoms with Gasteiger partial charge in [0.05, 0.1) is 23.0 Å². The van der Waals surface area contributed by atoms with Crippen LogP contribution in [0, 0.1) is 11.8 Å². The third-order valence-electron chi connectivity index (χ3n) is 8.21. The number of ether oxygens (including phenoxy) is 1. The van der Waals surface area contributed by atoms with Crippen molar-refractivity contribution in [3.8, 4) is 17.0 Å². The number of pyridine rings is 1. The zero-order chi connectivity index (χ0) is 30.7. The fraction of sp³-hybridized carbons (Fsp3) is 0.345. The average Bonchev–Trinajstić information content (AvgIpc) is 2.92. The van der Waals surface area contributed by atoms with Crippen LogP contribution in [0.1, 0.15) is 22.3 Å². The Morgan fingerprint density at radius 3 is 2.52 bits per heavy atom. The number of hydrogen-bond donors (Lipinski definition) is 6. The minimum absolute atomic E-state index is 0.0551. The van der Waals surface area contributed by atoms with Gasteiger partial charge in [0.15, 0.2) is 17.1 Å². The smallest absolute Gasteiger partial charge is 0.255 e. The van der Waals surface area contributed by atoms with Crippen LogP contribution >= 0.6 is 0 Å². The number of nitrogens with one attached hydrogen (secondary N) is 1. The van der Waals surface area contributed by atoms with Crippen LogP contribution in [0.15, 0.2) is 53.1 Å². The third-order valence-corrected chi connectivity index (χ3v) is 8.21. The Morgan fingerprint density at radius 2 is 1.93 bits per heavy atom. The van der Waals surface area contributed by atoms with Gasteiger partial charge in [0.1, 0.15) is 23.7 Å². The molecule has 220 valence electrons. The summed E-state index contributed by atoms with van der Waals surface area (Å²) in [6.45, 7) is -0.330. The molecule has 13 heteroatoms. The van der Waals surface area contributed by atoms with Crippen LogP contribution in [-0.2, 0) is 25.5 Å². The molecule has 2 aromatic rings. The second kappa shape index (κ2) is 10.4. The van der Waals surface area contributed by atoms with Crippen molar-refractivity contribution in [3.63, 3.8) is 0 Å². The Bertz CT molecular complexity index is 1600. The number of fused-ring (bicyclic) bond motifs is 3. The summed E-state index contributed by atoms with van der Waals surface area (Å²) < 4.78 is 4.85. The Kier molecular flexibility index (Phi) is 7.13. The van der Waals surface area contributed by atoms with Crippen LogP contribution in [0.25, 0.3) is 11.3 Å². The number of aromatic hydroxyl groups is 1. The largest absolute Gasteiger partial charge is 0.510 e. The molecule has 0 saturated carbocycles. The molecule has 7 N–H and O–H groups in total. The molecular formula is C29H30N4O9. The van der Waals surface area contributed by atoms with Crippen molar-refractivity contribution in [1.82, 2.24) is 9.88 Å². The molecule has 2 amide bonds. The van der Waals surface area contributed by atoms with E-state index in [1.165, 1.54) is 18.1 Å². The number of nitrogens with zero attached hydrogens (tertiary/aromatic N) is 2. The first kappa shape index (κ1) is 28.9. The maximum absolute atomic E-state index is 14.1. The van der Waals surface area contributed by atoms with Crippen molar-refractivity contribution in [2.45, 2.75) is 24.5 Å². The number of amides is 2. The van der Waals surface area contributed by atoms with Gasteiger partial charge in [-0.1, -0.05) is 6.07 Å². The van der Waals surface area contributed by atoms with Gasteiger partial charge in [0.2, 0.25) is 11.7 Å². The zero-order valence-corrected chi connectivity index (χ0v) is 23.0. The maximum atomic E-state index is 14.1. The number of phenols is 1. The first-order chi connectivity index (χ1) is 19.8. The number of methoxy groups -OCH3 is 1. The van der Waals surface area contributed by atoms with Crippen molar-refractivity contribution < 1.29 is 44.3 Å². The number of benzene rings is 1. The van der Waals surface area contributed by atoms with E-state index in [0.29, 0.717) is 16.8 Å². The number of Topliss-reactive ketones (excluding diaryl/α,β-unsaturated/α-hetero) is 2. The Balaban J connectivity index is 1.74. The van der Waals surface area contributed by atoms with Crippen molar-refractivity contribution in [2.75, 3.05) is 33.1 Å². The van der Waals surface area contributed by atoms with E-state index in [-0.39, 0.29) is 36.3 Å². The molecule has 42 heavy (non-hydrogen) atoms. The van der Waals surface area contributed by atoms with Gasteiger partial charge in [-0.05, 0) is 56.6 Å². The van der Waals surface area contributed by atoms with Crippen molar-refractivity contribution >= 4 is 29.1 Å². The molecule has 13 nitrogen and oxygen atoms in total. The van der Waals surface area contributed by atoms with E-state index < -0.39 is 69.7 Å². The minimum Gasteiger partial charge on any atom is -0.510 e. The average molecular weight is 579 g/mol. The summed E-state index contributed by atoms with van der Waals surface area (Å²) in [5.74, 6) is -8.22. The topological polar surface area (TPSA) is 213 Å². The van der Waals surface area contributed by atoms with Crippen molar-refractivity contribution in [3.05, 3.63) is 64.3 Å². The summed E-state index contributed by atoms with van der Waals surface area (Å²) >= 11 is 0. The maximum Gasteiger partial charge on any atom is 0.255 e. The molecule has 0 aliphatic heterocycles. The minimum atomic E-state index is -2.76. The molecule has 0 radical (unpaired) electrons. The van der Waals surface area contributed by atoms with Crippen LogP contribution in [0.5, 0.6) is 5.75 Å². The zero-order valence-electron chi connectivity index (χ0n) is 23.0. The van der Waals surface area contributed by atoms with Crippen LogP contribution in [0.2, 0.25) is 0 Å². The molecule has 0 spiro atoms. The lowest BCUT2D eigenvalue weighted by Gasteiger charge is -2.50. The molecule has 3 aliphatic carbocycles. The van der Waals surface area contributed by atoms with Gasteiger partial charge in [0.25, 0.3) is 5.91 Å². The number of nitrogens with two attached hydrogens (primary N) is 1. The number of rotatable bonds is 6. The van der Waals surface area contributed by atoms with Crippen LogP contribution in [0.4, 0.5) is 5.69 Å². The number of likely N-dealkylation sites (N-methyl/N-ethyl adjacent to an activating group) is 1. The normalized spacial score (nSPS) is 25.2. The highest BCUT2D eigenvalue weighted by atomic mass is 16.5. The molecule has 0 bridgehead atoms. The quantitative estimate of drug-likeness (QED) is 0.208. The Labute approximate surface area is 239 Å². The van der Waals surface area contributed by atoms with E-state index in [2.05, 4.69) is 10.3 Å². The van der Waals surface area contributed by atoms with Gasteiger partial charge in [0, 0.05) is 30.4 Å². The summed E-state index contributed by atoms with van der Waals surface area (Å²) in [6.07, 6.45) is 1.56. The molecule has 5 rings (SSSR count). The SMILES string of the molecule is COCC(=O)Nc1cc(-c2ccccn2)c2c(c1O)C(=O)C1=C(O)[C@]3(O)C(=O)C(C(N)=O)=C(O)[C@@H](N(C)C)[C@@H]3C[C@@H]1C2. The predicted molar refractivity (Wildman–Crippen MR) is 147 cm³/mol. The molecular weight excluding hydrogens is 548 g/mol. The first-order valence-electron chi connectivity index (χ1n) is 13.1. The Hall–Kier alpha value is -4.59. The number of phenolic OH excluding ortho intramolecular Hbond substituents is 1. The van der Waals surface area contributed by atoms with Gasteiger partial charge in [-0.2, -0.15) is 0 Å². The van der Waals surface area contributed by atoms with Crippen LogP contribution in [-0.4, -0.2) is 93.1 Å². The second-order valence-electron chi connectivity index (χ2n) is 10.8. The number of carbonyl (C=O) groups is 4. The number of allylic oxidation sites excluding steroid dienone is 1. The molecule has 0 unspecified atom stereocenters. The van der Waals surface area contributed by atoms with E-state index in [1.54, 1.807) is 38.5 Å². The molecule has 0 saturated heterocycles.